The monoisotopic (exact) mass is 659 g/mol. The fourth-order valence-corrected chi connectivity index (χ4v) is 9.46. The van der Waals surface area contributed by atoms with E-state index in [0.717, 1.165) is 59.1 Å². The van der Waals surface area contributed by atoms with E-state index < -0.39 is 0 Å². The predicted octanol–water partition coefficient (Wildman–Crippen LogP) is 13.7. The molecule has 48 heavy (non-hydrogen) atoms. The molecule has 0 amide bonds. The lowest BCUT2D eigenvalue weighted by Crippen LogP contribution is -2.10. The van der Waals surface area contributed by atoms with Crippen molar-refractivity contribution >= 4 is 102 Å². The molecular weight excluding hydrogens is 637 g/mol. The van der Waals surface area contributed by atoms with Gasteiger partial charge in [0.1, 0.15) is 22.8 Å². The Morgan fingerprint density at radius 1 is 0.458 bits per heavy atom. The summed E-state index contributed by atoms with van der Waals surface area (Å²) in [5.41, 5.74) is 6.34. The second-order valence-corrected chi connectivity index (χ2v) is 14.1. The molecule has 0 fully saturated rings. The van der Waals surface area contributed by atoms with E-state index >= 15 is 4.39 Å². The number of nitrogens with zero attached hydrogens (tertiary/aromatic N) is 1. The lowest BCUT2D eigenvalue weighted by molar-refractivity contribution is 0.626. The largest absolute Gasteiger partial charge is 0.456 e. The molecule has 0 atom stereocenters. The second-order valence-electron chi connectivity index (χ2n) is 12.0. The summed E-state index contributed by atoms with van der Waals surface area (Å²) < 4.78 is 40.4. The van der Waals surface area contributed by atoms with Crippen LogP contribution in [0.3, 0.4) is 0 Å². The molecule has 0 aliphatic carbocycles. The van der Waals surface area contributed by atoms with Gasteiger partial charge in [0.15, 0.2) is 0 Å². The van der Waals surface area contributed by atoms with Crippen molar-refractivity contribution < 1.29 is 13.2 Å². The summed E-state index contributed by atoms with van der Waals surface area (Å²) in [6, 6.07) is 45.5. The Kier molecular flexibility index (Phi) is 6.01. The average Bonchev–Trinajstić information content (AvgIpc) is 3.80. The first-order chi connectivity index (χ1) is 23.6. The third-order valence-electron chi connectivity index (χ3n) is 9.17. The molecule has 0 spiro atoms. The number of halogens is 2. The standard InChI is InChI=1S/C42H23F2NOS2/c43-26-15-19-34-30(21-26)41-35(46-34)23-33(40-31-22-27(44)16-20-37(31)48-42(40)41)45(28-17-13-25(14-18-28)24-7-2-1-3-8-24)32-10-6-12-38-39(32)29-9-4-5-11-36(29)47-38/h1-23H. The highest BCUT2D eigenvalue weighted by molar-refractivity contribution is 7.27. The van der Waals surface area contributed by atoms with Gasteiger partial charge in [-0.3, -0.25) is 0 Å². The maximum absolute atomic E-state index is 15.1. The Hall–Kier alpha value is -5.56. The van der Waals surface area contributed by atoms with Crippen LogP contribution in [0.25, 0.3) is 73.4 Å². The topological polar surface area (TPSA) is 16.4 Å². The number of fused-ring (bicyclic) bond motifs is 10. The molecule has 3 aromatic heterocycles. The van der Waals surface area contributed by atoms with E-state index in [4.69, 9.17) is 4.42 Å². The molecule has 10 aromatic rings. The highest BCUT2D eigenvalue weighted by atomic mass is 32.1. The molecule has 0 bridgehead atoms. The summed E-state index contributed by atoms with van der Waals surface area (Å²) >= 11 is 3.35. The minimum atomic E-state index is -0.328. The molecular formula is C42H23F2NOS2. The van der Waals surface area contributed by atoms with Crippen molar-refractivity contribution in [1.29, 1.82) is 0 Å². The van der Waals surface area contributed by atoms with Crippen molar-refractivity contribution in [2.75, 3.05) is 4.90 Å². The molecule has 10 rings (SSSR count). The van der Waals surface area contributed by atoms with Crippen LogP contribution in [0.1, 0.15) is 0 Å². The van der Waals surface area contributed by atoms with Crippen LogP contribution in [0, 0.1) is 11.6 Å². The van der Waals surface area contributed by atoms with Crippen LogP contribution < -0.4 is 4.90 Å². The van der Waals surface area contributed by atoms with Gasteiger partial charge in [-0.2, -0.15) is 0 Å². The smallest absolute Gasteiger partial charge is 0.138 e. The SMILES string of the molecule is Fc1ccc2sc3c(c(N(c4ccc(-c5ccccc5)cc4)c4cccc5sc6ccccc6c45)cc4oc5ccc(F)cc5c43)c2c1. The van der Waals surface area contributed by atoms with Crippen molar-refractivity contribution in [3.63, 3.8) is 0 Å². The van der Waals surface area contributed by atoms with Gasteiger partial charge in [-0.15, -0.1) is 22.7 Å². The van der Waals surface area contributed by atoms with E-state index in [2.05, 4.69) is 83.8 Å². The van der Waals surface area contributed by atoms with Crippen LogP contribution in [0.4, 0.5) is 25.8 Å². The molecule has 7 aromatic carbocycles. The van der Waals surface area contributed by atoms with Crippen LogP contribution in [0.2, 0.25) is 0 Å². The highest BCUT2D eigenvalue weighted by Crippen LogP contribution is 2.52. The van der Waals surface area contributed by atoms with Crippen LogP contribution in [-0.2, 0) is 0 Å². The van der Waals surface area contributed by atoms with E-state index in [1.807, 2.05) is 30.3 Å². The van der Waals surface area contributed by atoms with Gasteiger partial charge in [-0.05, 0) is 77.9 Å². The van der Waals surface area contributed by atoms with Gasteiger partial charge in [0.2, 0.25) is 0 Å². The van der Waals surface area contributed by atoms with Crippen LogP contribution in [-0.4, -0.2) is 0 Å². The molecule has 0 unspecified atom stereocenters. The molecule has 0 N–H and O–H groups in total. The Morgan fingerprint density at radius 2 is 1.17 bits per heavy atom. The molecule has 0 aliphatic rings. The number of rotatable bonds is 4. The molecule has 3 heterocycles. The Balaban J connectivity index is 1.35. The molecule has 0 aliphatic heterocycles. The number of anilines is 3. The van der Waals surface area contributed by atoms with Crippen LogP contribution in [0.5, 0.6) is 0 Å². The number of furan rings is 1. The summed E-state index contributed by atoms with van der Waals surface area (Å²) in [5.74, 6) is -0.633. The minimum absolute atomic E-state index is 0.305. The minimum Gasteiger partial charge on any atom is -0.456 e. The maximum atomic E-state index is 15.1. The van der Waals surface area contributed by atoms with Gasteiger partial charge < -0.3 is 9.32 Å². The van der Waals surface area contributed by atoms with E-state index in [-0.39, 0.29) is 11.6 Å². The van der Waals surface area contributed by atoms with Gasteiger partial charge in [0, 0.05) is 62.9 Å². The summed E-state index contributed by atoms with van der Waals surface area (Å²) in [7, 11) is 0. The van der Waals surface area contributed by atoms with Crippen molar-refractivity contribution in [1.82, 2.24) is 0 Å². The molecule has 6 heteroatoms. The summed E-state index contributed by atoms with van der Waals surface area (Å²) in [4.78, 5) is 2.28. The van der Waals surface area contributed by atoms with E-state index in [9.17, 15) is 4.39 Å². The molecule has 0 radical (unpaired) electrons. The van der Waals surface area contributed by atoms with E-state index in [1.165, 1.54) is 33.0 Å². The first-order valence-electron chi connectivity index (χ1n) is 15.6. The Morgan fingerprint density at radius 3 is 2.02 bits per heavy atom. The quantitative estimate of drug-likeness (QED) is 0.187. The lowest BCUT2D eigenvalue weighted by atomic mass is 10.0. The molecule has 0 saturated heterocycles. The zero-order valence-electron chi connectivity index (χ0n) is 25.2. The summed E-state index contributed by atoms with van der Waals surface area (Å²) in [6.07, 6.45) is 0. The highest BCUT2D eigenvalue weighted by Gasteiger charge is 2.26. The van der Waals surface area contributed by atoms with Crippen molar-refractivity contribution in [3.8, 4) is 11.1 Å². The third-order valence-corrected chi connectivity index (χ3v) is 11.5. The van der Waals surface area contributed by atoms with Crippen molar-refractivity contribution in [2.45, 2.75) is 0 Å². The summed E-state index contributed by atoms with van der Waals surface area (Å²) in [6.45, 7) is 0. The van der Waals surface area contributed by atoms with Gasteiger partial charge in [0.25, 0.3) is 0 Å². The first kappa shape index (κ1) is 27.5. The number of hydrogen-bond donors (Lipinski definition) is 0. The Bertz CT molecular complexity index is 2870. The van der Waals surface area contributed by atoms with Gasteiger partial charge in [-0.25, -0.2) is 8.78 Å². The third kappa shape index (κ3) is 4.13. The normalized spacial score (nSPS) is 12.0. The van der Waals surface area contributed by atoms with E-state index in [1.54, 1.807) is 34.8 Å². The van der Waals surface area contributed by atoms with Crippen LogP contribution >= 0.6 is 22.7 Å². The fraction of sp³-hybridized carbons (Fsp3) is 0. The number of benzene rings is 7. The number of hydrogen-bond acceptors (Lipinski definition) is 4. The van der Waals surface area contributed by atoms with Gasteiger partial charge in [0.05, 0.1) is 11.4 Å². The average molecular weight is 660 g/mol. The summed E-state index contributed by atoms with van der Waals surface area (Å²) in [5, 5.41) is 5.58. The lowest BCUT2D eigenvalue weighted by Gasteiger charge is -2.28. The second kappa shape index (κ2) is 10.5. The van der Waals surface area contributed by atoms with Crippen molar-refractivity contribution in [3.05, 3.63) is 151 Å². The van der Waals surface area contributed by atoms with Crippen LogP contribution in [0.15, 0.2) is 144 Å². The predicted molar refractivity (Wildman–Crippen MR) is 200 cm³/mol. The Labute approximate surface area is 281 Å². The van der Waals surface area contributed by atoms with Gasteiger partial charge >= 0.3 is 0 Å². The molecule has 2 nitrogen and oxygen atoms in total. The first-order valence-corrected chi connectivity index (χ1v) is 17.3. The zero-order valence-corrected chi connectivity index (χ0v) is 26.8. The fourth-order valence-electron chi connectivity index (χ4n) is 7.08. The molecule has 228 valence electrons. The molecule has 0 saturated carbocycles. The van der Waals surface area contributed by atoms with E-state index in [0.29, 0.717) is 16.6 Å². The van der Waals surface area contributed by atoms with Gasteiger partial charge in [-0.1, -0.05) is 66.7 Å². The van der Waals surface area contributed by atoms with Crippen molar-refractivity contribution in [2.24, 2.45) is 0 Å². The zero-order chi connectivity index (χ0) is 31.9. The number of thiophene rings is 2. The maximum Gasteiger partial charge on any atom is 0.138 e.